The molecule has 0 aliphatic carbocycles. The highest BCUT2D eigenvalue weighted by Crippen LogP contribution is 2.28. The van der Waals surface area contributed by atoms with Crippen LogP contribution in [0.3, 0.4) is 0 Å². The normalized spacial score (nSPS) is 12.5. The molecule has 3 rings (SSSR count). The molecule has 0 saturated heterocycles. The summed E-state index contributed by atoms with van der Waals surface area (Å²) in [6, 6.07) is 16.5. The second-order valence-corrected chi connectivity index (χ2v) is 13.9. The van der Waals surface area contributed by atoms with Gasteiger partial charge in [-0.3, -0.25) is 13.9 Å². The van der Waals surface area contributed by atoms with Gasteiger partial charge >= 0.3 is 0 Å². The van der Waals surface area contributed by atoms with E-state index in [0.29, 0.717) is 20.6 Å². The van der Waals surface area contributed by atoms with Crippen LogP contribution in [0.15, 0.2) is 71.6 Å². The fraction of sp³-hybridized carbons (Fsp3) is 0.333. The number of aryl methyl sites for hydroxylation is 1. The van der Waals surface area contributed by atoms with E-state index in [1.54, 1.807) is 49.4 Å². The van der Waals surface area contributed by atoms with Gasteiger partial charge in [-0.25, -0.2) is 8.42 Å². The lowest BCUT2D eigenvalue weighted by Crippen LogP contribution is -2.55. The first kappa shape index (κ1) is 32.7. The molecule has 0 aliphatic rings. The fourth-order valence-electron chi connectivity index (χ4n) is 4.18. The predicted molar refractivity (Wildman–Crippen MR) is 166 cm³/mol. The molecule has 7 nitrogen and oxygen atoms in total. The highest BCUT2D eigenvalue weighted by Gasteiger charge is 2.35. The topological polar surface area (TPSA) is 86.8 Å². The first-order chi connectivity index (χ1) is 19.1. The van der Waals surface area contributed by atoms with Crippen molar-refractivity contribution in [2.24, 2.45) is 0 Å². The largest absolute Gasteiger partial charge is 0.350 e. The number of nitrogens with zero attached hydrogens (tertiary/aromatic N) is 2. The van der Waals surface area contributed by atoms with Gasteiger partial charge in [0.25, 0.3) is 10.0 Å². The van der Waals surface area contributed by atoms with Gasteiger partial charge in [0.15, 0.2) is 0 Å². The van der Waals surface area contributed by atoms with Gasteiger partial charge in [-0.2, -0.15) is 0 Å². The van der Waals surface area contributed by atoms with Crippen molar-refractivity contribution in [2.75, 3.05) is 10.8 Å². The fourth-order valence-corrected chi connectivity index (χ4v) is 6.19. The molecule has 3 aromatic rings. The Balaban J connectivity index is 2.09. The standard InChI is InChI=1S/C30H34Cl3N3O4S/c1-6-27(29(38)34-30(3,4)5)35(18-21-9-10-23(32)17-26(21)33)28(37)19-36(24-13-11-22(31)12-14-24)41(39,40)25-15-7-20(2)8-16-25/h7-17,27H,6,18-19H2,1-5H3,(H,34,38). The monoisotopic (exact) mass is 637 g/mol. The Morgan fingerprint density at radius 1 is 0.902 bits per heavy atom. The van der Waals surface area contributed by atoms with Crippen LogP contribution in [0.1, 0.15) is 45.2 Å². The zero-order chi connectivity index (χ0) is 30.5. The van der Waals surface area contributed by atoms with E-state index in [0.717, 1.165) is 9.87 Å². The molecule has 0 bridgehead atoms. The van der Waals surface area contributed by atoms with Crippen LogP contribution in [-0.4, -0.2) is 43.3 Å². The van der Waals surface area contributed by atoms with Gasteiger partial charge in [-0.15, -0.1) is 0 Å². The number of nitrogens with one attached hydrogen (secondary N) is 1. The van der Waals surface area contributed by atoms with Crippen LogP contribution in [-0.2, 0) is 26.2 Å². The van der Waals surface area contributed by atoms with Gasteiger partial charge in [0.05, 0.1) is 10.6 Å². The summed E-state index contributed by atoms with van der Waals surface area (Å²) in [5.74, 6) is -0.949. The van der Waals surface area contributed by atoms with Gasteiger partial charge in [-0.1, -0.05) is 65.5 Å². The van der Waals surface area contributed by atoms with Gasteiger partial charge in [-0.05, 0) is 88.2 Å². The Morgan fingerprint density at radius 2 is 1.49 bits per heavy atom. The zero-order valence-corrected chi connectivity index (χ0v) is 26.7. The summed E-state index contributed by atoms with van der Waals surface area (Å²) in [4.78, 5) is 28.9. The van der Waals surface area contributed by atoms with Crippen molar-refractivity contribution >= 4 is 62.3 Å². The van der Waals surface area contributed by atoms with E-state index in [1.807, 2.05) is 27.7 Å². The molecule has 0 fully saturated rings. The van der Waals surface area contributed by atoms with Gasteiger partial charge in [0, 0.05) is 27.2 Å². The predicted octanol–water partition coefficient (Wildman–Crippen LogP) is 6.87. The number of halogens is 3. The minimum Gasteiger partial charge on any atom is -0.350 e. The third-order valence-electron chi connectivity index (χ3n) is 6.24. The number of benzene rings is 3. The third-order valence-corrected chi connectivity index (χ3v) is 8.87. The average molecular weight is 639 g/mol. The number of carbonyl (C=O) groups is 2. The van der Waals surface area contributed by atoms with E-state index >= 15 is 0 Å². The van der Waals surface area contributed by atoms with Gasteiger partial charge in [0.1, 0.15) is 12.6 Å². The first-order valence-electron chi connectivity index (χ1n) is 13.0. The van der Waals surface area contributed by atoms with Crippen LogP contribution >= 0.6 is 34.8 Å². The highest BCUT2D eigenvalue weighted by molar-refractivity contribution is 7.92. The summed E-state index contributed by atoms with van der Waals surface area (Å²) in [5, 5.41) is 4.09. The van der Waals surface area contributed by atoms with Crippen molar-refractivity contribution in [3.63, 3.8) is 0 Å². The van der Waals surface area contributed by atoms with Crippen molar-refractivity contribution in [3.05, 3.63) is 92.9 Å². The Morgan fingerprint density at radius 3 is 2.02 bits per heavy atom. The van der Waals surface area contributed by atoms with Crippen LogP contribution in [0, 0.1) is 6.92 Å². The number of hydrogen-bond acceptors (Lipinski definition) is 4. The molecule has 0 aromatic heterocycles. The summed E-state index contributed by atoms with van der Waals surface area (Å²) >= 11 is 18.6. The average Bonchev–Trinajstić information content (AvgIpc) is 2.88. The SMILES string of the molecule is CCC(C(=O)NC(C)(C)C)N(Cc1ccc(Cl)cc1Cl)C(=O)CN(c1ccc(Cl)cc1)S(=O)(=O)c1ccc(C)cc1. The Bertz CT molecular complexity index is 1490. The number of anilines is 1. The first-order valence-corrected chi connectivity index (χ1v) is 15.6. The van der Waals surface area contributed by atoms with E-state index < -0.39 is 34.1 Å². The lowest BCUT2D eigenvalue weighted by atomic mass is 10.1. The molecular formula is C30H34Cl3N3O4S. The van der Waals surface area contributed by atoms with Crippen LogP contribution in [0.25, 0.3) is 0 Å². The Kier molecular flexibility index (Phi) is 10.7. The molecule has 0 heterocycles. The lowest BCUT2D eigenvalue weighted by molar-refractivity contribution is -0.141. The summed E-state index contributed by atoms with van der Waals surface area (Å²) < 4.78 is 28.8. The van der Waals surface area contributed by atoms with Crippen molar-refractivity contribution in [2.45, 2.75) is 64.1 Å². The maximum atomic E-state index is 14.1. The Hall–Kier alpha value is -2.78. The number of carbonyl (C=O) groups excluding carboxylic acids is 2. The van der Waals surface area contributed by atoms with Crippen molar-refractivity contribution in [3.8, 4) is 0 Å². The molecule has 0 radical (unpaired) electrons. The van der Waals surface area contributed by atoms with E-state index in [9.17, 15) is 18.0 Å². The summed E-state index contributed by atoms with van der Waals surface area (Å²) in [6.07, 6.45) is 0.282. The number of amides is 2. The molecule has 0 aliphatic heterocycles. The van der Waals surface area contributed by atoms with Crippen molar-refractivity contribution in [1.82, 2.24) is 10.2 Å². The highest BCUT2D eigenvalue weighted by atomic mass is 35.5. The zero-order valence-electron chi connectivity index (χ0n) is 23.6. The molecule has 3 aromatic carbocycles. The molecular weight excluding hydrogens is 605 g/mol. The Labute approximate surface area is 257 Å². The smallest absolute Gasteiger partial charge is 0.264 e. The maximum absolute atomic E-state index is 14.1. The minimum atomic E-state index is -4.18. The summed E-state index contributed by atoms with van der Waals surface area (Å²) in [5.41, 5.74) is 1.15. The molecule has 0 spiro atoms. The van der Waals surface area contributed by atoms with Gasteiger partial charge in [0.2, 0.25) is 11.8 Å². The van der Waals surface area contributed by atoms with Crippen molar-refractivity contribution < 1.29 is 18.0 Å². The lowest BCUT2D eigenvalue weighted by Gasteiger charge is -2.35. The van der Waals surface area contributed by atoms with Crippen LogP contribution in [0.4, 0.5) is 5.69 Å². The van der Waals surface area contributed by atoms with Gasteiger partial charge < -0.3 is 10.2 Å². The number of sulfonamides is 1. The van der Waals surface area contributed by atoms with Crippen LogP contribution in [0.2, 0.25) is 15.1 Å². The van der Waals surface area contributed by atoms with E-state index in [4.69, 9.17) is 34.8 Å². The van der Waals surface area contributed by atoms with Crippen LogP contribution in [0.5, 0.6) is 0 Å². The quantitative estimate of drug-likeness (QED) is 0.263. The second-order valence-electron chi connectivity index (χ2n) is 10.7. The van der Waals surface area contributed by atoms with Crippen LogP contribution < -0.4 is 9.62 Å². The third kappa shape index (κ3) is 8.61. The molecule has 1 N–H and O–H groups in total. The van der Waals surface area contributed by atoms with E-state index in [1.165, 1.54) is 29.2 Å². The molecule has 1 atom stereocenters. The molecule has 0 saturated carbocycles. The van der Waals surface area contributed by atoms with E-state index in [-0.39, 0.29) is 29.5 Å². The summed E-state index contributed by atoms with van der Waals surface area (Å²) in [7, 11) is -4.18. The van der Waals surface area contributed by atoms with E-state index in [2.05, 4.69) is 5.32 Å². The molecule has 2 amide bonds. The number of rotatable bonds is 10. The molecule has 220 valence electrons. The van der Waals surface area contributed by atoms with Crippen molar-refractivity contribution in [1.29, 1.82) is 0 Å². The number of hydrogen-bond donors (Lipinski definition) is 1. The second kappa shape index (κ2) is 13.5. The maximum Gasteiger partial charge on any atom is 0.264 e. The molecule has 1 unspecified atom stereocenters. The molecule has 11 heteroatoms. The summed E-state index contributed by atoms with van der Waals surface area (Å²) in [6.45, 7) is 8.57. The minimum absolute atomic E-state index is 0.0238. The molecule has 41 heavy (non-hydrogen) atoms.